The first kappa shape index (κ1) is 23.4. The minimum Gasteiger partial charge on any atom is -0.463 e. The molecule has 0 aliphatic rings. The van der Waals surface area contributed by atoms with E-state index < -0.39 is 34.9 Å². The Morgan fingerprint density at radius 1 is 1.25 bits per heavy atom. The van der Waals surface area contributed by atoms with E-state index >= 15 is 0 Å². The number of anilines is 1. The average molecular weight is 415 g/mol. The third-order valence-corrected chi connectivity index (χ3v) is 3.60. The molecule has 0 aliphatic carbocycles. The Morgan fingerprint density at radius 2 is 1.93 bits per heavy atom. The Bertz CT molecular complexity index is 765. The number of hydrogen-bond donors (Lipinski definition) is 2. The Labute approximate surface area is 168 Å². The standard InChI is InChI=1S/C19H24ClFN2O5/c1-5-7-12(10-16(24)27-6-2)22-19(26)23-13-8-14(17(20)15(21)9-13)18(25)28-11(3)4/h8-11H,5-7H2,1-4H3,(H2,22,23,26). The molecule has 0 atom stereocenters. The van der Waals surface area contributed by atoms with E-state index in [0.717, 1.165) is 6.07 Å². The van der Waals surface area contributed by atoms with Gasteiger partial charge in [0.2, 0.25) is 0 Å². The lowest BCUT2D eigenvalue weighted by Crippen LogP contribution is -2.29. The lowest BCUT2D eigenvalue weighted by atomic mass is 10.2. The summed E-state index contributed by atoms with van der Waals surface area (Å²) in [6, 6.07) is 1.47. The molecule has 0 aliphatic heterocycles. The second kappa shape index (κ2) is 11.3. The molecule has 0 saturated carbocycles. The van der Waals surface area contributed by atoms with Crippen LogP contribution in [-0.4, -0.2) is 30.7 Å². The number of ether oxygens (including phenoxy) is 2. The van der Waals surface area contributed by atoms with Crippen molar-refractivity contribution in [3.63, 3.8) is 0 Å². The van der Waals surface area contributed by atoms with Crippen molar-refractivity contribution in [1.29, 1.82) is 0 Å². The summed E-state index contributed by atoms with van der Waals surface area (Å²) in [5.74, 6) is -2.27. The molecule has 0 aromatic heterocycles. The number of rotatable bonds is 8. The zero-order valence-electron chi connectivity index (χ0n) is 16.2. The van der Waals surface area contributed by atoms with Crippen molar-refractivity contribution < 1.29 is 28.2 Å². The predicted molar refractivity (Wildman–Crippen MR) is 104 cm³/mol. The number of amides is 2. The quantitative estimate of drug-likeness (QED) is 0.485. The zero-order chi connectivity index (χ0) is 21.3. The zero-order valence-corrected chi connectivity index (χ0v) is 17.0. The Balaban J connectivity index is 2.97. The van der Waals surface area contributed by atoms with Crippen LogP contribution >= 0.6 is 11.6 Å². The van der Waals surface area contributed by atoms with Gasteiger partial charge in [-0.25, -0.2) is 18.8 Å². The third-order valence-electron chi connectivity index (χ3n) is 3.22. The SMILES string of the molecule is CCCC(=CC(=O)OCC)NC(=O)Nc1cc(F)c(Cl)c(C(=O)OC(C)C)c1. The number of allylic oxidation sites excluding steroid dienone is 1. The largest absolute Gasteiger partial charge is 0.463 e. The molecule has 154 valence electrons. The number of esters is 2. The van der Waals surface area contributed by atoms with Gasteiger partial charge in [0, 0.05) is 17.5 Å². The fourth-order valence-electron chi connectivity index (χ4n) is 2.16. The maximum Gasteiger partial charge on any atom is 0.340 e. The van der Waals surface area contributed by atoms with Crippen molar-refractivity contribution in [2.75, 3.05) is 11.9 Å². The fraction of sp³-hybridized carbons (Fsp3) is 0.421. The fourth-order valence-corrected chi connectivity index (χ4v) is 2.35. The number of benzene rings is 1. The first-order valence-corrected chi connectivity index (χ1v) is 9.21. The van der Waals surface area contributed by atoms with Crippen LogP contribution in [0, 0.1) is 5.82 Å². The normalized spacial score (nSPS) is 11.2. The summed E-state index contributed by atoms with van der Waals surface area (Å²) < 4.78 is 23.9. The lowest BCUT2D eigenvalue weighted by Gasteiger charge is -2.13. The second-order valence-electron chi connectivity index (χ2n) is 6.02. The topological polar surface area (TPSA) is 93.7 Å². The van der Waals surface area contributed by atoms with Crippen LogP contribution in [0.3, 0.4) is 0 Å². The van der Waals surface area contributed by atoms with Gasteiger partial charge >= 0.3 is 18.0 Å². The number of urea groups is 1. The molecular formula is C19H24ClFN2O5. The molecule has 0 bridgehead atoms. The summed E-state index contributed by atoms with van der Waals surface area (Å²) in [5, 5.41) is 4.51. The lowest BCUT2D eigenvalue weighted by molar-refractivity contribution is -0.137. The van der Waals surface area contributed by atoms with E-state index in [0.29, 0.717) is 18.5 Å². The number of hydrogen-bond acceptors (Lipinski definition) is 5. The molecule has 0 unspecified atom stereocenters. The molecule has 7 nitrogen and oxygen atoms in total. The van der Waals surface area contributed by atoms with Crippen LogP contribution < -0.4 is 10.6 Å². The van der Waals surface area contributed by atoms with Gasteiger partial charge in [-0.3, -0.25) is 0 Å². The van der Waals surface area contributed by atoms with Crippen LogP contribution in [0.4, 0.5) is 14.9 Å². The number of carbonyl (C=O) groups is 3. The monoisotopic (exact) mass is 414 g/mol. The van der Waals surface area contributed by atoms with Gasteiger partial charge in [0.1, 0.15) is 5.82 Å². The molecule has 2 amide bonds. The molecule has 1 aromatic rings. The summed E-state index contributed by atoms with van der Waals surface area (Å²) in [6.07, 6.45) is 1.86. The highest BCUT2D eigenvalue weighted by Crippen LogP contribution is 2.26. The minimum atomic E-state index is -0.883. The Hall–Kier alpha value is -2.61. The van der Waals surface area contributed by atoms with E-state index in [9.17, 15) is 18.8 Å². The number of halogens is 2. The second-order valence-corrected chi connectivity index (χ2v) is 6.40. The number of nitrogens with one attached hydrogen (secondary N) is 2. The van der Waals surface area contributed by atoms with E-state index in [1.165, 1.54) is 12.1 Å². The van der Waals surface area contributed by atoms with Crippen molar-refractivity contribution in [3.8, 4) is 0 Å². The molecule has 2 N–H and O–H groups in total. The van der Waals surface area contributed by atoms with E-state index in [4.69, 9.17) is 21.1 Å². The van der Waals surface area contributed by atoms with Crippen LogP contribution in [0.15, 0.2) is 23.9 Å². The van der Waals surface area contributed by atoms with Gasteiger partial charge in [0.25, 0.3) is 0 Å². The van der Waals surface area contributed by atoms with Gasteiger partial charge in [-0.2, -0.15) is 0 Å². The van der Waals surface area contributed by atoms with Gasteiger partial charge in [-0.05, 0) is 39.3 Å². The molecule has 9 heteroatoms. The molecule has 0 spiro atoms. The number of carbonyl (C=O) groups excluding carboxylic acids is 3. The maximum atomic E-state index is 14.0. The Kier molecular flexibility index (Phi) is 9.44. The van der Waals surface area contributed by atoms with Gasteiger partial charge in [0.05, 0.1) is 23.3 Å². The van der Waals surface area contributed by atoms with Crippen molar-refractivity contribution >= 4 is 35.3 Å². The van der Waals surface area contributed by atoms with Crippen molar-refractivity contribution in [1.82, 2.24) is 5.32 Å². The van der Waals surface area contributed by atoms with Gasteiger partial charge in [-0.15, -0.1) is 0 Å². The molecule has 0 radical (unpaired) electrons. The van der Waals surface area contributed by atoms with Crippen LogP contribution in [-0.2, 0) is 14.3 Å². The highest BCUT2D eigenvalue weighted by atomic mass is 35.5. The highest BCUT2D eigenvalue weighted by molar-refractivity contribution is 6.33. The van der Waals surface area contributed by atoms with Crippen LogP contribution in [0.1, 0.15) is 50.9 Å². The van der Waals surface area contributed by atoms with E-state index in [2.05, 4.69) is 10.6 Å². The molecule has 1 aromatic carbocycles. The van der Waals surface area contributed by atoms with E-state index in [-0.39, 0.29) is 17.9 Å². The Morgan fingerprint density at radius 3 is 2.50 bits per heavy atom. The summed E-state index contributed by atoms with van der Waals surface area (Å²) >= 11 is 5.83. The van der Waals surface area contributed by atoms with Crippen molar-refractivity contribution in [2.24, 2.45) is 0 Å². The van der Waals surface area contributed by atoms with E-state index in [1.807, 2.05) is 6.92 Å². The first-order valence-electron chi connectivity index (χ1n) is 8.83. The van der Waals surface area contributed by atoms with Crippen LogP contribution in [0.5, 0.6) is 0 Å². The summed E-state index contributed by atoms with van der Waals surface area (Å²) in [7, 11) is 0. The molecular weight excluding hydrogens is 391 g/mol. The van der Waals surface area contributed by atoms with Crippen molar-refractivity contribution in [2.45, 2.75) is 46.6 Å². The third kappa shape index (κ3) is 7.56. The van der Waals surface area contributed by atoms with Crippen molar-refractivity contribution in [3.05, 3.63) is 40.3 Å². The molecule has 28 heavy (non-hydrogen) atoms. The maximum absolute atomic E-state index is 14.0. The summed E-state index contributed by atoms with van der Waals surface area (Å²) in [4.78, 5) is 35.8. The van der Waals surface area contributed by atoms with Crippen LogP contribution in [0.2, 0.25) is 5.02 Å². The molecule has 0 saturated heterocycles. The average Bonchev–Trinajstić information content (AvgIpc) is 2.57. The smallest absolute Gasteiger partial charge is 0.340 e. The minimum absolute atomic E-state index is 0.00193. The van der Waals surface area contributed by atoms with Gasteiger partial charge in [-0.1, -0.05) is 24.9 Å². The highest BCUT2D eigenvalue weighted by Gasteiger charge is 2.19. The summed E-state index contributed by atoms with van der Waals surface area (Å²) in [5.41, 5.74) is 0.135. The van der Waals surface area contributed by atoms with Gasteiger partial charge in [0.15, 0.2) is 0 Å². The predicted octanol–water partition coefficient (Wildman–Crippen LogP) is 4.41. The molecule has 0 fully saturated rings. The van der Waals surface area contributed by atoms with Gasteiger partial charge < -0.3 is 20.1 Å². The molecule has 0 heterocycles. The van der Waals surface area contributed by atoms with Crippen LogP contribution in [0.25, 0.3) is 0 Å². The summed E-state index contributed by atoms with van der Waals surface area (Å²) in [6.45, 7) is 7.04. The van der Waals surface area contributed by atoms with E-state index in [1.54, 1.807) is 20.8 Å². The first-order chi connectivity index (χ1) is 13.2. The molecule has 1 rings (SSSR count).